The van der Waals surface area contributed by atoms with Crippen LogP contribution in [-0.2, 0) is 9.47 Å². The molecule has 0 bridgehead atoms. The van der Waals surface area contributed by atoms with Crippen LogP contribution >= 0.6 is 0 Å². The molecule has 150 valence electrons. The van der Waals surface area contributed by atoms with E-state index in [4.69, 9.17) is 15.2 Å². The summed E-state index contributed by atoms with van der Waals surface area (Å²) in [4.78, 5) is 0. The number of allylic oxidation sites excluding steroid dienone is 1. The van der Waals surface area contributed by atoms with E-state index in [-0.39, 0.29) is 17.6 Å². The van der Waals surface area contributed by atoms with Gasteiger partial charge in [0.2, 0.25) is 0 Å². The van der Waals surface area contributed by atoms with Gasteiger partial charge in [-0.3, -0.25) is 0 Å². The molecule has 0 spiro atoms. The van der Waals surface area contributed by atoms with Crippen LogP contribution in [0.1, 0.15) is 72.6 Å². The third kappa shape index (κ3) is 2.38. The van der Waals surface area contributed by atoms with E-state index in [0.29, 0.717) is 29.2 Å². The summed E-state index contributed by atoms with van der Waals surface area (Å²) in [6, 6.07) is 0.322. The normalized spacial score (nSPS) is 55.9. The highest BCUT2D eigenvalue weighted by molar-refractivity contribution is 5.25. The van der Waals surface area contributed by atoms with Crippen molar-refractivity contribution < 1.29 is 9.47 Å². The predicted octanol–water partition coefficient (Wildman–Crippen LogP) is 4.81. The van der Waals surface area contributed by atoms with Crippen LogP contribution in [0.4, 0.5) is 0 Å². The maximum Gasteiger partial charge on any atom is 0.163 e. The van der Waals surface area contributed by atoms with Crippen molar-refractivity contribution in [3.8, 4) is 0 Å². The molecule has 9 atom stereocenters. The van der Waals surface area contributed by atoms with Gasteiger partial charge in [0, 0.05) is 6.04 Å². The summed E-state index contributed by atoms with van der Waals surface area (Å²) in [5.74, 6) is 2.07. The first-order valence-electron chi connectivity index (χ1n) is 11.2. The van der Waals surface area contributed by atoms with Crippen molar-refractivity contribution in [2.24, 2.45) is 40.2 Å². The minimum absolute atomic E-state index is 0.205. The summed E-state index contributed by atoms with van der Waals surface area (Å²) < 4.78 is 13.3. The fraction of sp³-hybridized carbons (Fsp3) is 0.875. The Morgan fingerprint density at radius 3 is 2.44 bits per heavy atom. The first-order valence-corrected chi connectivity index (χ1v) is 11.2. The second-order valence-electron chi connectivity index (χ2n) is 11.2. The van der Waals surface area contributed by atoms with Crippen LogP contribution in [-0.4, -0.2) is 24.0 Å². The molecule has 4 aliphatic carbocycles. The lowest BCUT2D eigenvalue weighted by Gasteiger charge is -2.63. The fourth-order valence-corrected chi connectivity index (χ4v) is 8.32. The zero-order valence-electron chi connectivity index (χ0n) is 17.6. The van der Waals surface area contributed by atoms with Gasteiger partial charge in [-0.1, -0.05) is 20.4 Å². The number of fused-ring (bicyclic) bond motifs is 8. The van der Waals surface area contributed by atoms with Crippen molar-refractivity contribution in [1.29, 1.82) is 0 Å². The monoisotopic (exact) mass is 371 g/mol. The van der Waals surface area contributed by atoms with Crippen molar-refractivity contribution in [3.05, 3.63) is 17.9 Å². The Kier molecular flexibility index (Phi) is 3.91. The summed E-state index contributed by atoms with van der Waals surface area (Å²) in [5.41, 5.74) is 11.8. The smallest absolute Gasteiger partial charge is 0.163 e. The Balaban J connectivity index is 1.60. The highest BCUT2D eigenvalue weighted by atomic mass is 16.8. The minimum atomic E-state index is -0.476. The van der Waals surface area contributed by atoms with E-state index in [1.807, 2.05) is 0 Å². The van der Waals surface area contributed by atoms with Crippen molar-refractivity contribution in [2.45, 2.75) is 96.7 Å². The van der Waals surface area contributed by atoms with E-state index < -0.39 is 5.79 Å². The molecule has 0 radical (unpaired) electrons. The molecular formula is C24H37NO2. The number of hydrogen-bond donors (Lipinski definition) is 1. The molecule has 4 saturated carbocycles. The van der Waals surface area contributed by atoms with Crippen molar-refractivity contribution >= 4 is 0 Å². The summed E-state index contributed by atoms with van der Waals surface area (Å²) in [6.45, 7) is 13.3. The lowest BCUT2D eigenvalue weighted by Crippen LogP contribution is -2.63. The molecule has 27 heavy (non-hydrogen) atoms. The Morgan fingerprint density at radius 2 is 1.70 bits per heavy atom. The summed E-state index contributed by atoms with van der Waals surface area (Å²) >= 11 is 0. The zero-order valence-corrected chi connectivity index (χ0v) is 17.6. The second-order valence-corrected chi connectivity index (χ2v) is 11.2. The SMILES string of the molecule is C=C=C1CCC2C3C(CC[C@]12C)[C@@]1(C)CC[C@H](N)CC1[C@H]1OC(C)(C)O[C@H]31. The molecule has 0 amide bonds. The van der Waals surface area contributed by atoms with Crippen LogP contribution < -0.4 is 5.73 Å². The molecule has 3 nitrogen and oxygen atoms in total. The molecule has 5 rings (SSSR count). The molecule has 5 aliphatic rings. The fourth-order valence-electron chi connectivity index (χ4n) is 8.32. The maximum absolute atomic E-state index is 6.67. The van der Waals surface area contributed by atoms with Gasteiger partial charge in [0.25, 0.3) is 0 Å². The van der Waals surface area contributed by atoms with Crippen LogP contribution in [0.2, 0.25) is 0 Å². The largest absolute Gasteiger partial charge is 0.344 e. The Bertz CT molecular complexity index is 694. The first kappa shape index (κ1) is 18.4. The molecule has 0 aromatic carbocycles. The number of nitrogens with two attached hydrogens (primary N) is 1. The highest BCUT2D eigenvalue weighted by Gasteiger charge is 2.67. The van der Waals surface area contributed by atoms with E-state index in [0.717, 1.165) is 18.8 Å². The average Bonchev–Trinajstić information content (AvgIpc) is 3.11. The van der Waals surface area contributed by atoms with Gasteiger partial charge in [-0.2, -0.15) is 0 Å². The summed E-state index contributed by atoms with van der Waals surface area (Å²) in [7, 11) is 0. The van der Waals surface area contributed by atoms with Crippen molar-refractivity contribution in [2.75, 3.05) is 0 Å². The van der Waals surface area contributed by atoms with Crippen molar-refractivity contribution in [1.82, 2.24) is 0 Å². The van der Waals surface area contributed by atoms with Gasteiger partial charge in [-0.15, -0.1) is 5.73 Å². The van der Waals surface area contributed by atoms with Gasteiger partial charge in [-0.05, 0) is 98.9 Å². The van der Waals surface area contributed by atoms with E-state index in [1.165, 1.54) is 37.7 Å². The molecule has 5 fully saturated rings. The van der Waals surface area contributed by atoms with E-state index >= 15 is 0 Å². The van der Waals surface area contributed by atoms with Crippen LogP contribution in [0.15, 0.2) is 17.9 Å². The molecule has 1 saturated heterocycles. The van der Waals surface area contributed by atoms with Crippen LogP contribution in [0.3, 0.4) is 0 Å². The molecular weight excluding hydrogens is 334 g/mol. The zero-order chi connectivity index (χ0) is 19.2. The molecule has 1 heterocycles. The van der Waals surface area contributed by atoms with Gasteiger partial charge in [0.15, 0.2) is 5.79 Å². The van der Waals surface area contributed by atoms with Gasteiger partial charge in [0.1, 0.15) is 0 Å². The number of ether oxygens (including phenoxy) is 2. The quantitative estimate of drug-likeness (QED) is 0.622. The molecule has 0 aromatic rings. The van der Waals surface area contributed by atoms with E-state index in [9.17, 15) is 0 Å². The Hall–Kier alpha value is -0.600. The minimum Gasteiger partial charge on any atom is -0.344 e. The first-order chi connectivity index (χ1) is 12.7. The Labute approximate surface area is 164 Å². The average molecular weight is 372 g/mol. The van der Waals surface area contributed by atoms with E-state index in [1.54, 1.807) is 0 Å². The number of rotatable bonds is 0. The molecule has 2 N–H and O–H groups in total. The van der Waals surface area contributed by atoms with Crippen LogP contribution in [0.25, 0.3) is 0 Å². The topological polar surface area (TPSA) is 44.5 Å². The van der Waals surface area contributed by atoms with Gasteiger partial charge in [-0.25, -0.2) is 0 Å². The van der Waals surface area contributed by atoms with Crippen LogP contribution in [0, 0.1) is 34.5 Å². The van der Waals surface area contributed by atoms with Gasteiger partial charge >= 0.3 is 0 Å². The summed E-state index contributed by atoms with van der Waals surface area (Å²) in [5, 5.41) is 0. The van der Waals surface area contributed by atoms with Crippen LogP contribution in [0.5, 0.6) is 0 Å². The molecule has 1 aliphatic heterocycles. The number of hydrogen-bond acceptors (Lipinski definition) is 3. The predicted molar refractivity (Wildman–Crippen MR) is 107 cm³/mol. The van der Waals surface area contributed by atoms with E-state index in [2.05, 4.69) is 40.0 Å². The standard InChI is InChI=1S/C24H37NO2/c1-6-14-7-8-16-19-17(10-12-23(14,16)4)24(5)11-9-15(25)13-18(24)20-21(19)27-22(2,3)26-20/h15-21H,1,7-13,25H2,2-5H3/t15-,16?,17?,18?,19?,20+,21+,23+,24+/m0/s1. The molecule has 4 unspecified atom stereocenters. The molecule has 0 aromatic heterocycles. The Morgan fingerprint density at radius 1 is 0.963 bits per heavy atom. The third-order valence-electron chi connectivity index (χ3n) is 9.57. The summed E-state index contributed by atoms with van der Waals surface area (Å²) in [6.07, 6.45) is 8.96. The maximum atomic E-state index is 6.67. The van der Waals surface area contributed by atoms with Gasteiger partial charge < -0.3 is 15.2 Å². The molecule has 3 heteroatoms. The lowest BCUT2D eigenvalue weighted by molar-refractivity contribution is -0.173. The van der Waals surface area contributed by atoms with Gasteiger partial charge in [0.05, 0.1) is 12.2 Å². The third-order valence-corrected chi connectivity index (χ3v) is 9.57. The highest BCUT2D eigenvalue weighted by Crippen LogP contribution is 2.69. The van der Waals surface area contributed by atoms with Crippen molar-refractivity contribution in [3.63, 3.8) is 0 Å². The lowest BCUT2D eigenvalue weighted by atomic mass is 9.43. The second kappa shape index (κ2) is 5.72.